The molecule has 0 saturated heterocycles. The van der Waals surface area contributed by atoms with E-state index in [9.17, 15) is 9.59 Å². The Bertz CT molecular complexity index is 626. The highest BCUT2D eigenvalue weighted by Crippen LogP contribution is 2.15. The molecule has 0 saturated carbocycles. The van der Waals surface area contributed by atoms with E-state index in [-0.39, 0.29) is 5.56 Å². The van der Waals surface area contributed by atoms with E-state index >= 15 is 0 Å². The van der Waals surface area contributed by atoms with Crippen molar-refractivity contribution in [2.45, 2.75) is 13.5 Å². The van der Waals surface area contributed by atoms with E-state index in [2.05, 4.69) is 15.6 Å². The summed E-state index contributed by atoms with van der Waals surface area (Å²) in [5.41, 5.74) is 2.95. The van der Waals surface area contributed by atoms with Crippen LogP contribution in [0.5, 0.6) is 0 Å². The number of carboxylic acids is 1. The first-order valence-electron chi connectivity index (χ1n) is 5.82. The Morgan fingerprint density at radius 2 is 2.20 bits per heavy atom. The number of nitrogens with one attached hydrogen (secondary N) is 2. The van der Waals surface area contributed by atoms with Crippen LogP contribution in [0.1, 0.15) is 20.8 Å². The molecule has 3 N–H and O–H groups in total. The first-order chi connectivity index (χ1) is 9.56. The Hall–Kier alpha value is -2.41. The predicted molar refractivity (Wildman–Crippen MR) is 76.1 cm³/mol. The van der Waals surface area contributed by atoms with Crippen LogP contribution < -0.4 is 10.6 Å². The molecule has 2 amide bonds. The fraction of sp³-hybridized carbons (Fsp3) is 0.154. The van der Waals surface area contributed by atoms with Crippen molar-refractivity contribution in [3.05, 3.63) is 45.9 Å². The topological polar surface area (TPSA) is 91.3 Å². The maximum Gasteiger partial charge on any atom is 0.336 e. The lowest BCUT2D eigenvalue weighted by molar-refractivity contribution is 0.0696. The van der Waals surface area contributed by atoms with Crippen molar-refractivity contribution in [2.24, 2.45) is 0 Å². The van der Waals surface area contributed by atoms with Gasteiger partial charge in [0, 0.05) is 16.8 Å². The minimum atomic E-state index is -1.02. The number of hydrogen-bond acceptors (Lipinski definition) is 4. The first-order valence-corrected chi connectivity index (χ1v) is 6.70. The third-order valence-corrected chi connectivity index (χ3v) is 3.41. The third kappa shape index (κ3) is 3.55. The monoisotopic (exact) mass is 291 g/mol. The van der Waals surface area contributed by atoms with Gasteiger partial charge in [-0.25, -0.2) is 9.59 Å². The average Bonchev–Trinajstić information content (AvgIpc) is 2.91. The molecule has 0 aliphatic carbocycles. The Labute approximate surface area is 119 Å². The molecule has 0 bridgehead atoms. The molecule has 0 atom stereocenters. The zero-order valence-electron chi connectivity index (χ0n) is 10.7. The second kappa shape index (κ2) is 6.16. The van der Waals surface area contributed by atoms with Crippen LogP contribution in [0.3, 0.4) is 0 Å². The van der Waals surface area contributed by atoms with Gasteiger partial charge in [-0.15, -0.1) is 11.3 Å². The summed E-state index contributed by atoms with van der Waals surface area (Å²) >= 11 is 1.45. The summed E-state index contributed by atoms with van der Waals surface area (Å²) in [6.07, 6.45) is 1.68. The van der Waals surface area contributed by atoms with Gasteiger partial charge >= 0.3 is 12.0 Å². The molecule has 1 aromatic carbocycles. The highest BCUT2D eigenvalue weighted by atomic mass is 32.1. The largest absolute Gasteiger partial charge is 0.478 e. The van der Waals surface area contributed by atoms with Gasteiger partial charge in [0.2, 0.25) is 0 Å². The van der Waals surface area contributed by atoms with E-state index in [0.717, 1.165) is 4.88 Å². The van der Waals surface area contributed by atoms with Crippen LogP contribution in [0.15, 0.2) is 29.9 Å². The number of urea groups is 1. The number of carboxylic acid groups (broad SMARTS) is 1. The van der Waals surface area contributed by atoms with E-state index in [1.54, 1.807) is 30.8 Å². The van der Waals surface area contributed by atoms with Gasteiger partial charge < -0.3 is 15.7 Å². The number of anilines is 1. The van der Waals surface area contributed by atoms with Crippen molar-refractivity contribution < 1.29 is 14.7 Å². The number of carbonyl (C=O) groups excluding carboxylic acids is 1. The normalized spacial score (nSPS) is 10.1. The molecule has 104 valence electrons. The summed E-state index contributed by atoms with van der Waals surface area (Å²) in [5.74, 6) is -1.02. The Kier molecular flexibility index (Phi) is 4.31. The van der Waals surface area contributed by atoms with Crippen LogP contribution >= 0.6 is 11.3 Å². The lowest BCUT2D eigenvalue weighted by Gasteiger charge is -2.08. The lowest BCUT2D eigenvalue weighted by Crippen LogP contribution is -2.27. The smallest absolute Gasteiger partial charge is 0.336 e. The molecule has 0 radical (unpaired) electrons. The van der Waals surface area contributed by atoms with Gasteiger partial charge in [0.1, 0.15) is 0 Å². The number of nitrogens with zero attached hydrogens (tertiary/aromatic N) is 1. The minimum Gasteiger partial charge on any atom is -0.478 e. The summed E-state index contributed by atoms with van der Waals surface area (Å²) in [7, 11) is 0. The third-order valence-electron chi connectivity index (χ3n) is 2.63. The molecule has 0 unspecified atom stereocenters. The molecule has 6 nitrogen and oxygen atoms in total. The van der Waals surface area contributed by atoms with Crippen molar-refractivity contribution in [2.75, 3.05) is 5.32 Å². The van der Waals surface area contributed by atoms with Crippen LogP contribution in [0.4, 0.5) is 10.5 Å². The Morgan fingerprint density at radius 1 is 1.40 bits per heavy atom. The molecule has 1 aromatic heterocycles. The van der Waals surface area contributed by atoms with Crippen LogP contribution in [-0.2, 0) is 6.54 Å². The minimum absolute atomic E-state index is 0.172. The zero-order valence-corrected chi connectivity index (χ0v) is 11.5. The van der Waals surface area contributed by atoms with E-state index in [4.69, 9.17) is 5.11 Å². The standard InChI is InChI=1S/C13H13N3O3S/c1-8-2-3-9(4-11(8)12(17)18)16-13(19)15-6-10-5-14-7-20-10/h2-5,7H,6H2,1H3,(H,17,18)(H2,15,16,19). The SMILES string of the molecule is Cc1ccc(NC(=O)NCc2cncs2)cc1C(=O)O. The van der Waals surface area contributed by atoms with E-state index in [1.807, 2.05) is 0 Å². The van der Waals surface area contributed by atoms with Crippen LogP contribution in [-0.4, -0.2) is 22.1 Å². The van der Waals surface area contributed by atoms with Gasteiger partial charge in [0.05, 0.1) is 17.6 Å². The van der Waals surface area contributed by atoms with Crippen molar-refractivity contribution >= 4 is 29.0 Å². The fourth-order valence-electron chi connectivity index (χ4n) is 1.60. The molecular weight excluding hydrogens is 278 g/mol. The number of aromatic nitrogens is 1. The molecule has 20 heavy (non-hydrogen) atoms. The summed E-state index contributed by atoms with van der Waals surface area (Å²) in [6, 6.07) is 4.36. The maximum absolute atomic E-state index is 11.7. The number of aryl methyl sites for hydroxylation is 1. The molecule has 0 aliphatic rings. The second-order valence-corrected chi connectivity index (χ2v) is 5.08. The number of aromatic carboxylic acids is 1. The molecule has 0 aliphatic heterocycles. The Balaban J connectivity index is 1.97. The summed E-state index contributed by atoms with van der Waals surface area (Å²) in [5, 5.41) is 14.3. The highest BCUT2D eigenvalue weighted by molar-refractivity contribution is 7.09. The van der Waals surface area contributed by atoms with E-state index in [0.29, 0.717) is 17.8 Å². The molecular formula is C13H13N3O3S. The van der Waals surface area contributed by atoms with Crippen molar-refractivity contribution in [1.82, 2.24) is 10.3 Å². The number of hydrogen-bond donors (Lipinski definition) is 3. The van der Waals surface area contributed by atoms with Gasteiger partial charge in [-0.05, 0) is 24.6 Å². The number of benzene rings is 1. The number of amides is 2. The quantitative estimate of drug-likeness (QED) is 0.807. The number of thiazole rings is 1. The first kappa shape index (κ1) is 14.0. The van der Waals surface area contributed by atoms with E-state index < -0.39 is 12.0 Å². The number of carbonyl (C=O) groups is 2. The van der Waals surface area contributed by atoms with Crippen LogP contribution in [0.25, 0.3) is 0 Å². The van der Waals surface area contributed by atoms with Gasteiger partial charge in [-0.3, -0.25) is 4.98 Å². The van der Waals surface area contributed by atoms with Gasteiger partial charge in [0.15, 0.2) is 0 Å². The molecule has 2 rings (SSSR count). The molecule has 0 fully saturated rings. The van der Waals surface area contributed by atoms with Crippen molar-refractivity contribution in [3.8, 4) is 0 Å². The lowest BCUT2D eigenvalue weighted by atomic mass is 10.1. The average molecular weight is 291 g/mol. The van der Waals surface area contributed by atoms with Crippen molar-refractivity contribution in [1.29, 1.82) is 0 Å². The highest BCUT2D eigenvalue weighted by Gasteiger charge is 2.09. The molecule has 1 heterocycles. The summed E-state index contributed by atoms with van der Waals surface area (Å²) in [6.45, 7) is 2.09. The van der Waals surface area contributed by atoms with Crippen LogP contribution in [0, 0.1) is 6.92 Å². The van der Waals surface area contributed by atoms with Crippen LogP contribution in [0.2, 0.25) is 0 Å². The predicted octanol–water partition coefficient (Wildman–Crippen LogP) is 2.47. The maximum atomic E-state index is 11.7. The number of rotatable bonds is 4. The van der Waals surface area contributed by atoms with Gasteiger partial charge in [0.25, 0.3) is 0 Å². The fourth-order valence-corrected chi connectivity index (χ4v) is 2.14. The second-order valence-electron chi connectivity index (χ2n) is 4.11. The van der Waals surface area contributed by atoms with Crippen molar-refractivity contribution in [3.63, 3.8) is 0 Å². The summed E-state index contributed by atoms with van der Waals surface area (Å²) < 4.78 is 0. The Morgan fingerprint density at radius 3 is 2.85 bits per heavy atom. The molecule has 2 aromatic rings. The van der Waals surface area contributed by atoms with Gasteiger partial charge in [-0.1, -0.05) is 6.07 Å². The molecule has 0 spiro atoms. The zero-order chi connectivity index (χ0) is 14.5. The van der Waals surface area contributed by atoms with E-state index in [1.165, 1.54) is 17.4 Å². The molecule has 7 heteroatoms. The van der Waals surface area contributed by atoms with Gasteiger partial charge in [-0.2, -0.15) is 0 Å². The summed E-state index contributed by atoms with van der Waals surface area (Å²) in [4.78, 5) is 27.5.